The average molecular weight is 275 g/mol. The van der Waals surface area contributed by atoms with Crippen molar-refractivity contribution in [1.29, 1.82) is 0 Å². The van der Waals surface area contributed by atoms with E-state index in [1.54, 1.807) is 0 Å². The number of anilines is 1. The van der Waals surface area contributed by atoms with E-state index in [-0.39, 0.29) is 17.0 Å². The zero-order valence-corrected chi connectivity index (χ0v) is 9.82. The van der Waals surface area contributed by atoms with Gasteiger partial charge in [-0.15, -0.1) is 0 Å². The first-order valence-corrected chi connectivity index (χ1v) is 5.02. The van der Waals surface area contributed by atoms with Gasteiger partial charge in [0.05, 0.1) is 4.92 Å². The molecule has 102 valence electrons. The summed E-state index contributed by atoms with van der Waals surface area (Å²) in [7, 11) is 2.54. The van der Waals surface area contributed by atoms with Gasteiger partial charge in [0.25, 0.3) is 0 Å². The van der Waals surface area contributed by atoms with Crippen LogP contribution < -0.4 is 5.32 Å². The maximum Gasteiger partial charge on any atom is 0.449 e. The van der Waals surface area contributed by atoms with Crippen LogP contribution in [-0.4, -0.2) is 26.5 Å². The average Bonchev–Trinajstić information content (AvgIpc) is 2.64. The number of fused-ring (bicyclic) bond motifs is 1. The number of hydrogen-bond donors (Lipinski definition) is 1. The van der Waals surface area contributed by atoms with Gasteiger partial charge >= 0.3 is 11.9 Å². The Balaban J connectivity index is 2.78. The van der Waals surface area contributed by atoms with Gasteiger partial charge in [0.1, 0.15) is 5.52 Å². The highest BCUT2D eigenvalue weighted by molar-refractivity contribution is 5.79. The van der Waals surface area contributed by atoms with Gasteiger partial charge < -0.3 is 9.88 Å². The molecule has 2 heterocycles. The quantitative estimate of drug-likeness (QED) is 0.668. The predicted octanol–water partition coefficient (Wildman–Crippen LogP) is 1.94. The zero-order valence-electron chi connectivity index (χ0n) is 9.82. The predicted molar refractivity (Wildman–Crippen MR) is 59.7 cm³/mol. The minimum Gasteiger partial charge on any atom is -0.367 e. The van der Waals surface area contributed by atoms with Gasteiger partial charge in [-0.05, 0) is 0 Å². The third-order valence-electron chi connectivity index (χ3n) is 2.51. The van der Waals surface area contributed by atoms with E-state index < -0.39 is 22.6 Å². The molecule has 0 aliphatic rings. The summed E-state index contributed by atoms with van der Waals surface area (Å²) in [6.07, 6.45) is -4.65. The van der Waals surface area contributed by atoms with Crippen molar-refractivity contribution in [3.63, 3.8) is 0 Å². The van der Waals surface area contributed by atoms with Gasteiger partial charge in [-0.25, -0.2) is 9.97 Å². The molecule has 2 aromatic rings. The molecule has 0 aliphatic carbocycles. The summed E-state index contributed by atoms with van der Waals surface area (Å²) in [4.78, 5) is 17.2. The molecule has 0 amide bonds. The Morgan fingerprint density at radius 1 is 1.42 bits per heavy atom. The van der Waals surface area contributed by atoms with Crippen molar-refractivity contribution < 1.29 is 18.1 Å². The Hall–Kier alpha value is -2.39. The fourth-order valence-corrected chi connectivity index (χ4v) is 1.68. The Morgan fingerprint density at radius 3 is 2.53 bits per heavy atom. The first-order chi connectivity index (χ1) is 8.75. The molecule has 0 bridgehead atoms. The van der Waals surface area contributed by atoms with E-state index in [1.165, 1.54) is 7.05 Å². The number of imidazole rings is 1. The summed E-state index contributed by atoms with van der Waals surface area (Å²) in [6.45, 7) is 0. The molecule has 0 aliphatic heterocycles. The second kappa shape index (κ2) is 4.07. The SMILES string of the molecule is CNc1nc2c(cc1[N+](=O)[O-])nc(C(F)(F)F)n2C. The Labute approximate surface area is 104 Å². The van der Waals surface area contributed by atoms with Crippen molar-refractivity contribution in [2.45, 2.75) is 6.18 Å². The summed E-state index contributed by atoms with van der Waals surface area (Å²) >= 11 is 0. The normalized spacial score (nSPS) is 11.8. The molecule has 7 nitrogen and oxygen atoms in total. The van der Waals surface area contributed by atoms with Crippen LogP contribution in [0.15, 0.2) is 6.07 Å². The van der Waals surface area contributed by atoms with Crippen LogP contribution in [0.3, 0.4) is 0 Å². The molecule has 0 fully saturated rings. The van der Waals surface area contributed by atoms with Crippen LogP contribution in [0.5, 0.6) is 0 Å². The molecule has 19 heavy (non-hydrogen) atoms. The topological polar surface area (TPSA) is 85.9 Å². The van der Waals surface area contributed by atoms with Crippen molar-refractivity contribution in [2.75, 3.05) is 12.4 Å². The van der Waals surface area contributed by atoms with Crippen molar-refractivity contribution in [1.82, 2.24) is 14.5 Å². The number of aryl methyl sites for hydroxylation is 1. The fourth-order valence-electron chi connectivity index (χ4n) is 1.68. The molecule has 0 atom stereocenters. The minimum atomic E-state index is -4.65. The number of pyridine rings is 1. The van der Waals surface area contributed by atoms with Gasteiger partial charge in [-0.1, -0.05) is 0 Å². The van der Waals surface area contributed by atoms with Crippen LogP contribution >= 0.6 is 0 Å². The van der Waals surface area contributed by atoms with E-state index in [9.17, 15) is 23.3 Å². The van der Waals surface area contributed by atoms with E-state index in [2.05, 4.69) is 15.3 Å². The van der Waals surface area contributed by atoms with Crippen LogP contribution in [0.1, 0.15) is 5.82 Å². The van der Waals surface area contributed by atoms with Gasteiger partial charge in [-0.2, -0.15) is 13.2 Å². The van der Waals surface area contributed by atoms with Crippen molar-refractivity contribution in [2.24, 2.45) is 7.05 Å². The fraction of sp³-hybridized carbons (Fsp3) is 0.333. The Kier molecular flexibility index (Phi) is 2.80. The van der Waals surface area contributed by atoms with Crippen molar-refractivity contribution in [3.8, 4) is 0 Å². The van der Waals surface area contributed by atoms with Crippen LogP contribution in [0, 0.1) is 10.1 Å². The monoisotopic (exact) mass is 275 g/mol. The van der Waals surface area contributed by atoms with Crippen LogP contribution in [0.25, 0.3) is 11.2 Å². The summed E-state index contributed by atoms with van der Waals surface area (Å²) in [5.74, 6) is -1.27. The number of alkyl halides is 3. The molecule has 0 saturated carbocycles. The van der Waals surface area contributed by atoms with Crippen LogP contribution in [0.4, 0.5) is 24.7 Å². The first kappa shape index (κ1) is 13.1. The standard InChI is InChI=1S/C9H8F3N5O2/c1-13-6-5(17(18)19)3-4-7(15-6)16(2)8(14-4)9(10,11)12/h3H,1-2H3,(H,13,15). The lowest BCUT2D eigenvalue weighted by atomic mass is 10.3. The van der Waals surface area contributed by atoms with E-state index >= 15 is 0 Å². The number of nitro groups is 1. The molecule has 1 N–H and O–H groups in total. The molecule has 0 saturated heterocycles. The third-order valence-corrected chi connectivity index (χ3v) is 2.51. The first-order valence-electron chi connectivity index (χ1n) is 5.02. The number of rotatable bonds is 2. The summed E-state index contributed by atoms with van der Waals surface area (Å²) < 4.78 is 38.8. The van der Waals surface area contributed by atoms with Crippen LogP contribution in [-0.2, 0) is 13.2 Å². The van der Waals surface area contributed by atoms with Crippen molar-refractivity contribution in [3.05, 3.63) is 22.0 Å². The summed E-state index contributed by atoms with van der Waals surface area (Å²) in [5.41, 5.74) is -0.690. The zero-order chi connectivity index (χ0) is 14.4. The lowest BCUT2D eigenvalue weighted by Crippen LogP contribution is -2.12. The number of nitrogens with one attached hydrogen (secondary N) is 1. The number of aromatic nitrogens is 3. The van der Waals surface area contributed by atoms with Gasteiger partial charge in [0.15, 0.2) is 5.65 Å². The highest BCUT2D eigenvalue weighted by Gasteiger charge is 2.37. The molecule has 0 unspecified atom stereocenters. The second-order valence-electron chi connectivity index (χ2n) is 3.70. The molecule has 0 aromatic carbocycles. The maximum atomic E-state index is 12.7. The summed E-state index contributed by atoms with van der Waals surface area (Å²) in [6, 6.07) is 0.962. The molecule has 0 spiro atoms. The lowest BCUT2D eigenvalue weighted by Gasteiger charge is -2.05. The maximum absolute atomic E-state index is 12.7. The lowest BCUT2D eigenvalue weighted by molar-refractivity contribution is -0.384. The van der Waals surface area contributed by atoms with Gasteiger partial charge in [0.2, 0.25) is 11.6 Å². The van der Waals surface area contributed by atoms with Crippen molar-refractivity contribution >= 4 is 22.7 Å². The van der Waals surface area contributed by atoms with E-state index in [0.29, 0.717) is 0 Å². The van der Waals surface area contributed by atoms with Gasteiger partial charge in [0, 0.05) is 20.2 Å². The Bertz CT molecular complexity index is 664. The third kappa shape index (κ3) is 2.04. The highest BCUT2D eigenvalue weighted by Crippen LogP contribution is 2.32. The summed E-state index contributed by atoms with van der Waals surface area (Å²) in [5, 5.41) is 13.3. The largest absolute Gasteiger partial charge is 0.449 e. The van der Waals surface area contributed by atoms with E-state index in [1.807, 2.05) is 0 Å². The molecule has 2 rings (SSSR count). The number of hydrogen-bond acceptors (Lipinski definition) is 5. The Morgan fingerprint density at radius 2 is 2.05 bits per heavy atom. The van der Waals surface area contributed by atoms with Gasteiger partial charge in [-0.3, -0.25) is 10.1 Å². The molecular formula is C9H8F3N5O2. The smallest absolute Gasteiger partial charge is 0.367 e. The highest BCUT2D eigenvalue weighted by atomic mass is 19.4. The number of nitrogens with zero attached hydrogens (tertiary/aromatic N) is 4. The molecule has 2 aromatic heterocycles. The molecule has 10 heteroatoms. The number of halogens is 3. The minimum absolute atomic E-state index is 0.0812. The molecule has 0 radical (unpaired) electrons. The molecular weight excluding hydrogens is 267 g/mol. The van der Waals surface area contributed by atoms with E-state index in [4.69, 9.17) is 0 Å². The van der Waals surface area contributed by atoms with E-state index in [0.717, 1.165) is 17.7 Å². The second-order valence-corrected chi connectivity index (χ2v) is 3.70. The van der Waals surface area contributed by atoms with Crippen LogP contribution in [0.2, 0.25) is 0 Å².